The molecule has 1 aromatic heterocycles. The number of amides is 2. The highest BCUT2D eigenvalue weighted by Gasteiger charge is 2.28. The molecule has 0 aliphatic carbocycles. The maximum Gasteiger partial charge on any atom is 0.264 e. The Balaban J connectivity index is 1.18. The minimum atomic E-state index is 0.0929. The highest BCUT2D eigenvalue weighted by molar-refractivity contribution is 7.17. The molecule has 2 saturated heterocycles. The lowest BCUT2D eigenvalue weighted by atomic mass is 10.1. The van der Waals surface area contributed by atoms with E-state index < -0.39 is 0 Å². The summed E-state index contributed by atoms with van der Waals surface area (Å²) in [6.07, 6.45) is 4.70. The van der Waals surface area contributed by atoms with Gasteiger partial charge in [-0.25, -0.2) is 0 Å². The number of thiophene rings is 1. The lowest BCUT2D eigenvalue weighted by molar-refractivity contribution is -0.132. The number of rotatable bonds is 3. The summed E-state index contributed by atoms with van der Waals surface area (Å²) in [7, 11) is 0. The van der Waals surface area contributed by atoms with Crippen LogP contribution in [0.2, 0.25) is 0 Å². The fourth-order valence-electron chi connectivity index (χ4n) is 4.68. The van der Waals surface area contributed by atoms with E-state index in [4.69, 9.17) is 4.74 Å². The second-order valence-electron chi connectivity index (χ2n) is 8.61. The van der Waals surface area contributed by atoms with Crippen molar-refractivity contribution >= 4 is 23.2 Å². The van der Waals surface area contributed by atoms with Crippen LogP contribution in [0.5, 0.6) is 5.75 Å². The second-order valence-corrected chi connectivity index (χ2v) is 9.67. The van der Waals surface area contributed by atoms with Crippen LogP contribution in [0.3, 0.4) is 0 Å². The summed E-state index contributed by atoms with van der Waals surface area (Å²) in [5.74, 6) is 1.22. The van der Waals surface area contributed by atoms with Crippen LogP contribution in [-0.2, 0) is 11.4 Å². The van der Waals surface area contributed by atoms with Crippen LogP contribution in [0.4, 0.5) is 0 Å². The summed E-state index contributed by atoms with van der Waals surface area (Å²) < 4.78 is 5.84. The molecule has 164 valence electrons. The highest BCUT2D eigenvalue weighted by Crippen LogP contribution is 2.42. The van der Waals surface area contributed by atoms with Crippen LogP contribution in [-0.4, -0.2) is 72.3 Å². The number of hydrogen-bond acceptors (Lipinski definition) is 5. The zero-order valence-corrected chi connectivity index (χ0v) is 18.7. The number of benzene rings is 1. The van der Waals surface area contributed by atoms with Gasteiger partial charge < -0.3 is 14.5 Å². The lowest BCUT2D eigenvalue weighted by Crippen LogP contribution is -2.51. The summed E-state index contributed by atoms with van der Waals surface area (Å²) in [4.78, 5) is 33.9. The van der Waals surface area contributed by atoms with Gasteiger partial charge in [0.15, 0.2) is 0 Å². The number of carbonyl (C=O) groups is 2. The van der Waals surface area contributed by atoms with E-state index in [1.165, 1.54) is 12.8 Å². The van der Waals surface area contributed by atoms with Gasteiger partial charge in [0.25, 0.3) is 5.91 Å². The summed E-state index contributed by atoms with van der Waals surface area (Å²) in [5, 5.41) is 0. The molecule has 0 atom stereocenters. The number of para-hydroxylation sites is 1. The number of carbonyl (C=O) groups excluding carboxylic acids is 2. The number of piperazine rings is 1. The fraction of sp³-hybridized carbons (Fsp3) is 0.500. The van der Waals surface area contributed by atoms with E-state index in [9.17, 15) is 9.59 Å². The normalized spacial score (nSPS) is 19.2. The Labute approximate surface area is 187 Å². The van der Waals surface area contributed by atoms with E-state index in [0.29, 0.717) is 26.2 Å². The van der Waals surface area contributed by atoms with Crippen molar-refractivity contribution in [2.45, 2.75) is 32.3 Å². The third-order valence-corrected chi connectivity index (χ3v) is 7.71. The molecule has 31 heavy (non-hydrogen) atoms. The molecule has 2 amide bonds. The second kappa shape index (κ2) is 9.01. The van der Waals surface area contributed by atoms with Gasteiger partial charge in [-0.05, 0) is 31.0 Å². The average Bonchev–Trinajstić information content (AvgIpc) is 3.06. The molecule has 0 unspecified atom stereocenters. The average molecular weight is 440 g/mol. The molecule has 7 heteroatoms. The zero-order valence-electron chi connectivity index (χ0n) is 17.8. The first-order valence-corrected chi connectivity index (χ1v) is 12.1. The fourth-order valence-corrected chi connectivity index (χ4v) is 5.85. The van der Waals surface area contributed by atoms with Gasteiger partial charge in [-0.3, -0.25) is 14.5 Å². The van der Waals surface area contributed by atoms with E-state index in [1.807, 2.05) is 34.1 Å². The van der Waals surface area contributed by atoms with Crippen LogP contribution >= 0.6 is 11.3 Å². The van der Waals surface area contributed by atoms with Crippen molar-refractivity contribution in [2.24, 2.45) is 0 Å². The Hall–Kier alpha value is -2.38. The molecule has 0 radical (unpaired) electrons. The summed E-state index contributed by atoms with van der Waals surface area (Å²) >= 11 is 1.57. The highest BCUT2D eigenvalue weighted by atomic mass is 32.1. The molecule has 0 bridgehead atoms. The van der Waals surface area contributed by atoms with Gasteiger partial charge in [0.1, 0.15) is 12.4 Å². The Morgan fingerprint density at radius 2 is 1.65 bits per heavy atom. The third-order valence-electron chi connectivity index (χ3n) is 6.51. The predicted molar refractivity (Wildman–Crippen MR) is 121 cm³/mol. The standard InChI is InChI=1S/C24H29N3O3S/c28-22(26-9-5-1-2-6-10-26)16-25-11-13-27(14-12-25)24(29)21-15-18-17-30-20-8-4-3-7-19(20)23(18)31-21/h3-4,7-8,15H,1-2,5-6,9-14,16-17H2. The smallest absolute Gasteiger partial charge is 0.264 e. The Kier molecular flexibility index (Phi) is 5.96. The van der Waals surface area contributed by atoms with Gasteiger partial charge in [0.05, 0.1) is 11.4 Å². The van der Waals surface area contributed by atoms with Gasteiger partial charge in [-0.15, -0.1) is 11.3 Å². The first-order valence-electron chi connectivity index (χ1n) is 11.3. The third kappa shape index (κ3) is 4.34. The first kappa shape index (κ1) is 20.5. The molecule has 3 aliphatic heterocycles. The summed E-state index contributed by atoms with van der Waals surface area (Å²) in [6.45, 7) is 5.63. The van der Waals surface area contributed by atoms with Crippen LogP contribution in [0.1, 0.15) is 40.9 Å². The molecule has 6 nitrogen and oxygen atoms in total. The van der Waals surface area contributed by atoms with Crippen LogP contribution < -0.4 is 4.74 Å². The van der Waals surface area contributed by atoms with Crippen molar-refractivity contribution in [2.75, 3.05) is 45.8 Å². The Bertz CT molecular complexity index is 957. The molecule has 1 aromatic carbocycles. The molecule has 0 spiro atoms. The van der Waals surface area contributed by atoms with Gasteiger partial charge in [-0.1, -0.05) is 25.0 Å². The van der Waals surface area contributed by atoms with Crippen molar-refractivity contribution in [1.29, 1.82) is 0 Å². The number of hydrogen-bond donors (Lipinski definition) is 0. The molecule has 2 aromatic rings. The van der Waals surface area contributed by atoms with Crippen molar-refractivity contribution in [3.63, 3.8) is 0 Å². The van der Waals surface area contributed by atoms with Gasteiger partial charge in [-0.2, -0.15) is 0 Å². The SMILES string of the molecule is O=C(CN1CCN(C(=O)c2cc3c(s2)-c2ccccc2OC3)CC1)N1CCCCCC1. The maximum atomic E-state index is 13.1. The van der Waals surface area contributed by atoms with Crippen molar-refractivity contribution < 1.29 is 14.3 Å². The van der Waals surface area contributed by atoms with Gasteiger partial charge >= 0.3 is 0 Å². The molecule has 4 heterocycles. The van der Waals surface area contributed by atoms with Crippen LogP contribution in [0.25, 0.3) is 10.4 Å². The van der Waals surface area contributed by atoms with Crippen molar-refractivity contribution in [1.82, 2.24) is 14.7 Å². The van der Waals surface area contributed by atoms with E-state index in [1.54, 1.807) is 11.3 Å². The van der Waals surface area contributed by atoms with Gasteiger partial charge in [0, 0.05) is 55.3 Å². The summed E-state index contributed by atoms with van der Waals surface area (Å²) in [6, 6.07) is 10.0. The number of likely N-dealkylation sites (tertiary alicyclic amines) is 1. The summed E-state index contributed by atoms with van der Waals surface area (Å²) in [5.41, 5.74) is 2.17. The quantitative estimate of drug-likeness (QED) is 0.735. The number of nitrogens with zero attached hydrogens (tertiary/aromatic N) is 3. The maximum absolute atomic E-state index is 13.1. The molecule has 5 rings (SSSR count). The molecule has 3 aliphatic rings. The zero-order chi connectivity index (χ0) is 21.2. The van der Waals surface area contributed by atoms with Gasteiger partial charge in [0.2, 0.25) is 5.91 Å². The predicted octanol–water partition coefficient (Wildman–Crippen LogP) is 3.47. The minimum Gasteiger partial charge on any atom is -0.488 e. The Morgan fingerprint density at radius 1 is 0.903 bits per heavy atom. The van der Waals surface area contributed by atoms with Crippen LogP contribution in [0.15, 0.2) is 30.3 Å². The minimum absolute atomic E-state index is 0.0929. The van der Waals surface area contributed by atoms with E-state index in [2.05, 4.69) is 11.0 Å². The van der Waals surface area contributed by atoms with Crippen LogP contribution in [0, 0.1) is 0 Å². The Morgan fingerprint density at radius 3 is 2.42 bits per heavy atom. The molecule has 0 saturated carbocycles. The van der Waals surface area contributed by atoms with E-state index in [0.717, 1.165) is 65.7 Å². The molecular formula is C24H29N3O3S. The topological polar surface area (TPSA) is 53.1 Å². The lowest BCUT2D eigenvalue weighted by Gasteiger charge is -2.35. The molecule has 0 N–H and O–H groups in total. The molecular weight excluding hydrogens is 410 g/mol. The van der Waals surface area contributed by atoms with Crippen molar-refractivity contribution in [3.8, 4) is 16.2 Å². The monoisotopic (exact) mass is 439 g/mol. The van der Waals surface area contributed by atoms with E-state index >= 15 is 0 Å². The molecule has 2 fully saturated rings. The largest absolute Gasteiger partial charge is 0.488 e. The first-order chi connectivity index (χ1) is 15.2. The number of ether oxygens (including phenoxy) is 1. The number of fused-ring (bicyclic) bond motifs is 3. The van der Waals surface area contributed by atoms with Crippen molar-refractivity contribution in [3.05, 3.63) is 40.8 Å². The van der Waals surface area contributed by atoms with E-state index in [-0.39, 0.29) is 11.8 Å².